The van der Waals surface area contributed by atoms with Crippen LogP contribution in [0.3, 0.4) is 0 Å². The first-order chi connectivity index (χ1) is 10.0. The Morgan fingerprint density at radius 1 is 1.48 bits per heavy atom. The lowest BCUT2D eigenvalue weighted by molar-refractivity contribution is -0.00794. The summed E-state index contributed by atoms with van der Waals surface area (Å²) in [6, 6.07) is 0. The smallest absolute Gasteiger partial charge is 0.257 e. The number of ether oxygens (including phenoxy) is 1. The van der Waals surface area contributed by atoms with Crippen LogP contribution in [0.2, 0.25) is 0 Å². The van der Waals surface area contributed by atoms with Crippen LogP contribution in [-0.2, 0) is 11.8 Å². The monoisotopic (exact) mass is 292 g/mol. The summed E-state index contributed by atoms with van der Waals surface area (Å²) in [5, 5.41) is 4.07. The Morgan fingerprint density at radius 2 is 2.24 bits per heavy atom. The number of amides is 1. The van der Waals surface area contributed by atoms with E-state index in [-0.39, 0.29) is 11.4 Å². The lowest BCUT2D eigenvalue weighted by atomic mass is 9.84. The lowest BCUT2D eigenvalue weighted by Gasteiger charge is -2.51. The van der Waals surface area contributed by atoms with Crippen molar-refractivity contribution < 1.29 is 9.53 Å². The Hall–Kier alpha value is -1.40. The van der Waals surface area contributed by atoms with Crippen molar-refractivity contribution in [3.8, 4) is 0 Å². The fourth-order valence-corrected chi connectivity index (χ4v) is 3.63. The summed E-state index contributed by atoms with van der Waals surface area (Å²) in [7, 11) is 4.00. The van der Waals surface area contributed by atoms with E-state index in [1.807, 2.05) is 18.9 Å². The Bertz CT molecular complexity index is 521. The number of carbonyl (C=O) groups is 1. The Balaban J connectivity index is 1.58. The molecule has 0 aromatic carbocycles. The van der Waals surface area contributed by atoms with Crippen LogP contribution in [0.1, 0.15) is 23.7 Å². The van der Waals surface area contributed by atoms with Crippen LogP contribution in [0.15, 0.2) is 12.4 Å². The molecule has 0 unspecified atom stereocenters. The van der Waals surface area contributed by atoms with Gasteiger partial charge in [0.1, 0.15) is 0 Å². The molecule has 3 heterocycles. The van der Waals surface area contributed by atoms with Crippen molar-refractivity contribution in [2.24, 2.45) is 13.0 Å². The summed E-state index contributed by atoms with van der Waals surface area (Å²) in [4.78, 5) is 16.7. The number of rotatable bonds is 4. The van der Waals surface area contributed by atoms with E-state index in [0.29, 0.717) is 11.5 Å². The van der Waals surface area contributed by atoms with Gasteiger partial charge in [0, 0.05) is 39.5 Å². The average molecular weight is 292 g/mol. The third kappa shape index (κ3) is 2.58. The van der Waals surface area contributed by atoms with Crippen molar-refractivity contribution in [3.05, 3.63) is 18.0 Å². The number of likely N-dealkylation sites (tertiary alicyclic amines) is 2. The maximum Gasteiger partial charge on any atom is 0.257 e. The highest BCUT2D eigenvalue weighted by Crippen LogP contribution is 2.39. The second-order valence-electron chi connectivity index (χ2n) is 6.40. The van der Waals surface area contributed by atoms with Gasteiger partial charge in [0.05, 0.1) is 23.9 Å². The molecule has 0 saturated carbocycles. The summed E-state index contributed by atoms with van der Waals surface area (Å²) in [6.07, 6.45) is 4.55. The summed E-state index contributed by atoms with van der Waals surface area (Å²) in [6.45, 7) is 6.35. The van der Waals surface area contributed by atoms with Crippen molar-refractivity contribution in [1.29, 1.82) is 0 Å². The van der Waals surface area contributed by atoms with E-state index in [4.69, 9.17) is 4.74 Å². The molecule has 0 aliphatic carbocycles. The summed E-state index contributed by atoms with van der Waals surface area (Å²) < 4.78 is 7.23. The number of likely N-dealkylation sites (N-methyl/N-ethyl adjacent to an activating group) is 1. The van der Waals surface area contributed by atoms with E-state index < -0.39 is 0 Å². The van der Waals surface area contributed by atoms with Gasteiger partial charge in [-0.15, -0.1) is 0 Å². The SMILES string of the molecule is CCOC[C@H]1CN(C)C2(C1)CN(C(=O)c1cnn(C)c1)C2. The van der Waals surface area contributed by atoms with Crippen LogP contribution >= 0.6 is 0 Å². The van der Waals surface area contributed by atoms with Crippen molar-refractivity contribution in [2.75, 3.05) is 39.9 Å². The molecule has 3 rings (SSSR count). The molecule has 1 amide bonds. The van der Waals surface area contributed by atoms with Gasteiger partial charge in [0.15, 0.2) is 0 Å². The highest BCUT2D eigenvalue weighted by Gasteiger charge is 2.53. The molecule has 0 bridgehead atoms. The maximum absolute atomic E-state index is 12.4. The molecule has 116 valence electrons. The van der Waals surface area contributed by atoms with Crippen LogP contribution in [0.5, 0.6) is 0 Å². The minimum atomic E-state index is 0.0929. The van der Waals surface area contributed by atoms with Crippen LogP contribution in [0.4, 0.5) is 0 Å². The second-order valence-corrected chi connectivity index (χ2v) is 6.40. The minimum Gasteiger partial charge on any atom is -0.381 e. The minimum absolute atomic E-state index is 0.0929. The summed E-state index contributed by atoms with van der Waals surface area (Å²) in [5.74, 6) is 0.681. The molecule has 0 N–H and O–H groups in total. The van der Waals surface area contributed by atoms with Gasteiger partial charge in [-0.05, 0) is 26.3 Å². The van der Waals surface area contributed by atoms with Gasteiger partial charge in [-0.25, -0.2) is 0 Å². The molecule has 6 heteroatoms. The molecule has 21 heavy (non-hydrogen) atoms. The van der Waals surface area contributed by atoms with Crippen molar-refractivity contribution >= 4 is 5.91 Å². The van der Waals surface area contributed by atoms with E-state index in [9.17, 15) is 4.79 Å². The van der Waals surface area contributed by atoms with Crippen molar-refractivity contribution in [1.82, 2.24) is 19.6 Å². The number of aryl methyl sites for hydroxylation is 1. The van der Waals surface area contributed by atoms with E-state index in [2.05, 4.69) is 17.0 Å². The number of aromatic nitrogens is 2. The molecule has 1 aromatic heterocycles. The summed E-state index contributed by atoms with van der Waals surface area (Å²) in [5.41, 5.74) is 0.846. The van der Waals surface area contributed by atoms with Gasteiger partial charge in [-0.2, -0.15) is 5.10 Å². The van der Waals surface area contributed by atoms with Gasteiger partial charge in [0.25, 0.3) is 5.91 Å². The van der Waals surface area contributed by atoms with Gasteiger partial charge < -0.3 is 9.64 Å². The lowest BCUT2D eigenvalue weighted by Crippen LogP contribution is -2.68. The van der Waals surface area contributed by atoms with Crippen LogP contribution in [0, 0.1) is 5.92 Å². The first-order valence-electron chi connectivity index (χ1n) is 7.61. The number of hydrogen-bond donors (Lipinski definition) is 0. The van der Waals surface area contributed by atoms with Crippen molar-refractivity contribution in [3.63, 3.8) is 0 Å². The zero-order valence-corrected chi connectivity index (χ0v) is 13.1. The number of nitrogens with zero attached hydrogens (tertiary/aromatic N) is 4. The van der Waals surface area contributed by atoms with Gasteiger partial charge in [-0.3, -0.25) is 14.4 Å². The third-order valence-electron chi connectivity index (χ3n) is 4.78. The topological polar surface area (TPSA) is 50.6 Å². The molecule has 1 atom stereocenters. The zero-order chi connectivity index (χ0) is 15.0. The molecule has 1 aromatic rings. The molecule has 1 spiro atoms. The Labute approximate surface area is 125 Å². The fourth-order valence-electron chi connectivity index (χ4n) is 3.63. The second kappa shape index (κ2) is 5.42. The average Bonchev–Trinajstić information content (AvgIpc) is 2.98. The normalized spacial score (nSPS) is 24.5. The third-order valence-corrected chi connectivity index (χ3v) is 4.78. The van der Waals surface area contributed by atoms with E-state index in [0.717, 1.165) is 39.3 Å². The van der Waals surface area contributed by atoms with Crippen molar-refractivity contribution in [2.45, 2.75) is 18.9 Å². The predicted molar refractivity (Wildman–Crippen MR) is 79.1 cm³/mol. The van der Waals surface area contributed by atoms with E-state index >= 15 is 0 Å². The van der Waals surface area contributed by atoms with E-state index in [1.165, 1.54) is 0 Å². The van der Waals surface area contributed by atoms with E-state index in [1.54, 1.807) is 17.1 Å². The molecule has 0 radical (unpaired) electrons. The molecule has 2 fully saturated rings. The first-order valence-corrected chi connectivity index (χ1v) is 7.61. The van der Waals surface area contributed by atoms with Crippen LogP contribution in [-0.4, -0.2) is 70.9 Å². The standard InChI is InChI=1S/C15H24N4O2/c1-4-21-9-12-5-15(17(2)7-12)10-19(11-15)14(20)13-6-16-18(3)8-13/h6,8,12H,4-5,7,9-11H2,1-3H3/t12-/m1/s1. The largest absolute Gasteiger partial charge is 0.381 e. The highest BCUT2D eigenvalue weighted by molar-refractivity contribution is 5.94. The first kappa shape index (κ1) is 14.5. The van der Waals surface area contributed by atoms with Gasteiger partial charge in [-0.1, -0.05) is 0 Å². The van der Waals surface area contributed by atoms with Crippen LogP contribution in [0.25, 0.3) is 0 Å². The van der Waals surface area contributed by atoms with Gasteiger partial charge >= 0.3 is 0 Å². The summed E-state index contributed by atoms with van der Waals surface area (Å²) >= 11 is 0. The molecular weight excluding hydrogens is 268 g/mol. The van der Waals surface area contributed by atoms with Gasteiger partial charge in [0.2, 0.25) is 0 Å². The highest BCUT2D eigenvalue weighted by atomic mass is 16.5. The van der Waals surface area contributed by atoms with Crippen LogP contribution < -0.4 is 0 Å². The number of carbonyl (C=O) groups excluding carboxylic acids is 1. The maximum atomic E-state index is 12.4. The fraction of sp³-hybridized carbons (Fsp3) is 0.733. The molecule has 2 saturated heterocycles. The molecule has 2 aliphatic rings. The zero-order valence-electron chi connectivity index (χ0n) is 13.1. The molecule has 2 aliphatic heterocycles. The number of hydrogen-bond acceptors (Lipinski definition) is 4. The quantitative estimate of drug-likeness (QED) is 0.815. The molecule has 6 nitrogen and oxygen atoms in total. The molecular formula is C15H24N4O2. The predicted octanol–water partition coefficient (Wildman–Crippen LogP) is 0.603. The Kier molecular flexibility index (Phi) is 3.75. The Morgan fingerprint density at radius 3 is 2.86 bits per heavy atom.